The molecule has 1 N–H and O–H groups in total. The van der Waals surface area contributed by atoms with E-state index in [1.54, 1.807) is 11.3 Å². The fourth-order valence-corrected chi connectivity index (χ4v) is 3.11. The minimum atomic E-state index is -0.361. The van der Waals surface area contributed by atoms with E-state index >= 15 is 0 Å². The molecule has 1 aliphatic rings. The summed E-state index contributed by atoms with van der Waals surface area (Å²) in [5.41, 5.74) is 1.25. The van der Waals surface area contributed by atoms with Crippen LogP contribution in [0, 0.1) is 0 Å². The van der Waals surface area contributed by atoms with Crippen molar-refractivity contribution in [1.82, 2.24) is 10.2 Å². The van der Waals surface area contributed by atoms with Crippen LogP contribution in [0.1, 0.15) is 32.3 Å². The summed E-state index contributed by atoms with van der Waals surface area (Å²) in [6, 6.07) is 1.70. The molecule has 0 saturated carbocycles. The summed E-state index contributed by atoms with van der Waals surface area (Å²) >= 11 is 1.67. The Labute approximate surface area is 117 Å². The van der Waals surface area contributed by atoms with Gasteiger partial charge in [-0.2, -0.15) is 11.3 Å². The zero-order chi connectivity index (χ0) is 13.8. The van der Waals surface area contributed by atoms with E-state index in [9.17, 15) is 9.59 Å². The molecule has 0 aromatic carbocycles. The van der Waals surface area contributed by atoms with Crippen molar-refractivity contribution in [2.45, 2.75) is 45.2 Å². The lowest BCUT2D eigenvalue weighted by molar-refractivity contribution is -0.134. The Bertz CT molecular complexity index is 444. The molecule has 2 atom stereocenters. The third-order valence-electron chi connectivity index (χ3n) is 3.56. The van der Waals surface area contributed by atoms with Gasteiger partial charge in [0.05, 0.1) is 0 Å². The predicted octanol–water partition coefficient (Wildman–Crippen LogP) is 1.81. The van der Waals surface area contributed by atoms with Crippen molar-refractivity contribution >= 4 is 23.2 Å². The minimum absolute atomic E-state index is 0.0225. The average Bonchev–Trinajstić information content (AvgIpc) is 2.85. The maximum absolute atomic E-state index is 12.4. The smallest absolute Gasteiger partial charge is 0.245 e. The van der Waals surface area contributed by atoms with Crippen LogP contribution in [-0.4, -0.2) is 35.3 Å². The van der Waals surface area contributed by atoms with Crippen molar-refractivity contribution in [2.75, 3.05) is 6.54 Å². The van der Waals surface area contributed by atoms with Gasteiger partial charge in [-0.15, -0.1) is 0 Å². The predicted molar refractivity (Wildman–Crippen MR) is 76.0 cm³/mol. The largest absolute Gasteiger partial charge is 0.344 e. The fraction of sp³-hybridized carbons (Fsp3) is 0.571. The molecule has 2 heterocycles. The van der Waals surface area contributed by atoms with Crippen LogP contribution in [0.5, 0.6) is 0 Å². The van der Waals surface area contributed by atoms with E-state index in [4.69, 9.17) is 0 Å². The SMILES string of the molecule is CCC1NC(=O)CC(C)N(CCc2ccsc2)C1=O. The highest BCUT2D eigenvalue weighted by Crippen LogP contribution is 2.15. The summed E-state index contributed by atoms with van der Waals surface area (Å²) < 4.78 is 0. The first-order valence-corrected chi connectivity index (χ1v) is 7.67. The Morgan fingerprint density at radius 1 is 1.47 bits per heavy atom. The van der Waals surface area contributed by atoms with Gasteiger partial charge < -0.3 is 10.2 Å². The molecule has 1 aliphatic heterocycles. The third-order valence-corrected chi connectivity index (χ3v) is 4.29. The highest BCUT2D eigenvalue weighted by Gasteiger charge is 2.32. The maximum atomic E-state index is 12.4. The van der Waals surface area contributed by atoms with Crippen molar-refractivity contribution in [1.29, 1.82) is 0 Å². The number of carbonyl (C=O) groups is 2. The Morgan fingerprint density at radius 3 is 2.89 bits per heavy atom. The number of nitrogens with zero attached hydrogens (tertiary/aromatic N) is 1. The number of hydrogen-bond donors (Lipinski definition) is 1. The van der Waals surface area contributed by atoms with Crippen LogP contribution in [0.25, 0.3) is 0 Å². The number of amides is 2. The molecule has 2 unspecified atom stereocenters. The molecular formula is C14H20N2O2S. The van der Waals surface area contributed by atoms with Crippen LogP contribution in [-0.2, 0) is 16.0 Å². The second-order valence-corrected chi connectivity index (χ2v) is 5.77. The van der Waals surface area contributed by atoms with E-state index < -0.39 is 0 Å². The maximum Gasteiger partial charge on any atom is 0.245 e. The van der Waals surface area contributed by atoms with Gasteiger partial charge in [-0.25, -0.2) is 0 Å². The molecule has 0 radical (unpaired) electrons. The lowest BCUT2D eigenvalue weighted by Crippen LogP contribution is -2.46. The average molecular weight is 280 g/mol. The van der Waals surface area contributed by atoms with Crippen molar-refractivity contribution < 1.29 is 9.59 Å². The summed E-state index contributed by atoms with van der Waals surface area (Å²) in [6.45, 7) is 4.56. The Balaban J connectivity index is 2.06. The number of carbonyl (C=O) groups excluding carboxylic acids is 2. The fourth-order valence-electron chi connectivity index (χ4n) is 2.40. The van der Waals surface area contributed by atoms with Crippen LogP contribution in [0.4, 0.5) is 0 Å². The van der Waals surface area contributed by atoms with Crippen molar-refractivity contribution in [3.05, 3.63) is 22.4 Å². The number of hydrogen-bond acceptors (Lipinski definition) is 3. The van der Waals surface area contributed by atoms with Gasteiger partial charge in [-0.1, -0.05) is 6.92 Å². The summed E-state index contributed by atoms with van der Waals surface area (Å²) in [5.74, 6) is 0.0295. The van der Waals surface area contributed by atoms with E-state index in [0.29, 0.717) is 19.4 Å². The Kier molecular flexibility index (Phi) is 4.58. The first kappa shape index (κ1) is 14.1. The lowest BCUT2D eigenvalue weighted by Gasteiger charge is -2.28. The number of thiophene rings is 1. The van der Waals surface area contributed by atoms with Gasteiger partial charge in [-0.3, -0.25) is 9.59 Å². The molecule has 4 nitrogen and oxygen atoms in total. The lowest BCUT2D eigenvalue weighted by atomic mass is 10.1. The number of nitrogens with one attached hydrogen (secondary N) is 1. The quantitative estimate of drug-likeness (QED) is 0.914. The molecule has 1 aromatic heterocycles. The monoisotopic (exact) mass is 280 g/mol. The minimum Gasteiger partial charge on any atom is -0.344 e. The normalized spacial score (nSPS) is 24.2. The zero-order valence-electron chi connectivity index (χ0n) is 11.4. The van der Waals surface area contributed by atoms with Crippen LogP contribution in [0.2, 0.25) is 0 Å². The van der Waals surface area contributed by atoms with Crippen LogP contribution < -0.4 is 5.32 Å². The topological polar surface area (TPSA) is 49.4 Å². The van der Waals surface area contributed by atoms with E-state index in [1.165, 1.54) is 5.56 Å². The van der Waals surface area contributed by atoms with Gasteiger partial charge in [0, 0.05) is 19.0 Å². The van der Waals surface area contributed by atoms with E-state index in [2.05, 4.69) is 16.8 Å². The van der Waals surface area contributed by atoms with Crippen molar-refractivity contribution in [3.8, 4) is 0 Å². The van der Waals surface area contributed by atoms with Gasteiger partial charge in [0.1, 0.15) is 6.04 Å². The van der Waals surface area contributed by atoms with Gasteiger partial charge in [-0.05, 0) is 42.2 Å². The van der Waals surface area contributed by atoms with Crippen LogP contribution in [0.15, 0.2) is 16.8 Å². The highest BCUT2D eigenvalue weighted by atomic mass is 32.1. The van der Waals surface area contributed by atoms with Gasteiger partial charge in [0.15, 0.2) is 0 Å². The molecule has 5 heteroatoms. The first-order chi connectivity index (χ1) is 9.11. The molecule has 1 fully saturated rings. The van der Waals surface area contributed by atoms with Crippen LogP contribution in [0.3, 0.4) is 0 Å². The molecule has 0 aliphatic carbocycles. The molecule has 2 rings (SSSR count). The molecule has 104 valence electrons. The van der Waals surface area contributed by atoms with Crippen molar-refractivity contribution in [2.24, 2.45) is 0 Å². The Hall–Kier alpha value is -1.36. The van der Waals surface area contributed by atoms with E-state index in [-0.39, 0.29) is 23.9 Å². The molecule has 0 spiro atoms. The summed E-state index contributed by atoms with van der Waals surface area (Å²) in [7, 11) is 0. The van der Waals surface area contributed by atoms with Gasteiger partial charge in [0.2, 0.25) is 11.8 Å². The summed E-state index contributed by atoms with van der Waals surface area (Å²) in [4.78, 5) is 26.0. The summed E-state index contributed by atoms with van der Waals surface area (Å²) in [5, 5.41) is 6.95. The van der Waals surface area contributed by atoms with Crippen molar-refractivity contribution in [3.63, 3.8) is 0 Å². The van der Waals surface area contributed by atoms with E-state index in [0.717, 1.165) is 6.42 Å². The molecule has 19 heavy (non-hydrogen) atoms. The van der Waals surface area contributed by atoms with Gasteiger partial charge >= 0.3 is 0 Å². The van der Waals surface area contributed by atoms with Gasteiger partial charge in [0.25, 0.3) is 0 Å². The van der Waals surface area contributed by atoms with E-state index in [1.807, 2.05) is 24.1 Å². The van der Waals surface area contributed by atoms with Crippen LogP contribution >= 0.6 is 11.3 Å². The second-order valence-electron chi connectivity index (χ2n) is 4.99. The summed E-state index contributed by atoms with van der Waals surface area (Å²) in [6.07, 6.45) is 1.89. The molecule has 0 bridgehead atoms. The number of rotatable bonds is 4. The highest BCUT2D eigenvalue weighted by molar-refractivity contribution is 7.07. The first-order valence-electron chi connectivity index (χ1n) is 6.72. The third kappa shape index (κ3) is 3.35. The zero-order valence-corrected chi connectivity index (χ0v) is 12.2. The standard InChI is InChI=1S/C14H20N2O2S/c1-3-12-14(18)16(10(2)8-13(17)15-12)6-4-11-5-7-19-9-11/h5,7,9-10,12H,3-4,6,8H2,1-2H3,(H,15,17). The molecule has 1 saturated heterocycles. The Morgan fingerprint density at radius 2 is 2.26 bits per heavy atom. The molecule has 1 aromatic rings. The second kappa shape index (κ2) is 6.19. The molecule has 2 amide bonds. The molecular weight excluding hydrogens is 260 g/mol.